The first kappa shape index (κ1) is 15.7. The van der Waals surface area contributed by atoms with Crippen LogP contribution >= 0.6 is 0 Å². The first-order valence-electron chi connectivity index (χ1n) is 8.09. The van der Waals surface area contributed by atoms with Crippen LogP contribution in [-0.2, 0) is 16.0 Å². The van der Waals surface area contributed by atoms with Crippen molar-refractivity contribution in [3.05, 3.63) is 47.5 Å². The quantitative estimate of drug-likeness (QED) is 0.799. The van der Waals surface area contributed by atoms with Gasteiger partial charge < -0.3 is 4.74 Å². The Labute approximate surface area is 136 Å². The fourth-order valence-electron chi connectivity index (χ4n) is 3.65. The van der Waals surface area contributed by atoms with Crippen molar-refractivity contribution >= 4 is 22.5 Å². The standard InChI is InChI=1S/C20H22O3/c1-13(12-18(21)23-3)20(2)11-10-16-15-7-5-4-6-14(15)8-9-17(16)19(20)22/h4-9,13H,10-12H2,1-3H3/t13-,20-/m1/s1. The summed E-state index contributed by atoms with van der Waals surface area (Å²) in [6.45, 7) is 3.96. The van der Waals surface area contributed by atoms with Gasteiger partial charge in [0.2, 0.25) is 0 Å². The lowest BCUT2D eigenvalue weighted by molar-refractivity contribution is -0.142. The fraction of sp³-hybridized carbons (Fsp3) is 0.400. The molecule has 1 aliphatic rings. The number of ether oxygens (including phenoxy) is 1. The summed E-state index contributed by atoms with van der Waals surface area (Å²) in [5.41, 5.74) is 1.45. The molecule has 0 N–H and O–H groups in total. The average Bonchev–Trinajstić information content (AvgIpc) is 2.57. The molecule has 0 amide bonds. The zero-order valence-electron chi connectivity index (χ0n) is 13.9. The summed E-state index contributed by atoms with van der Waals surface area (Å²) in [4.78, 5) is 24.7. The fourth-order valence-corrected chi connectivity index (χ4v) is 3.65. The van der Waals surface area contributed by atoms with Crippen molar-refractivity contribution in [2.75, 3.05) is 7.11 Å². The Balaban J connectivity index is 2.00. The molecule has 3 nitrogen and oxygen atoms in total. The van der Waals surface area contributed by atoms with Crippen molar-refractivity contribution in [1.29, 1.82) is 0 Å². The van der Waals surface area contributed by atoms with E-state index in [2.05, 4.69) is 12.1 Å². The van der Waals surface area contributed by atoms with Gasteiger partial charge in [-0.2, -0.15) is 0 Å². The maximum Gasteiger partial charge on any atom is 0.305 e. The van der Waals surface area contributed by atoms with E-state index in [0.29, 0.717) is 0 Å². The molecular formula is C20H22O3. The Morgan fingerprint density at radius 1 is 1.26 bits per heavy atom. The lowest BCUT2D eigenvalue weighted by Crippen LogP contribution is -2.39. The number of aryl methyl sites for hydroxylation is 1. The van der Waals surface area contributed by atoms with Crippen molar-refractivity contribution in [2.24, 2.45) is 11.3 Å². The molecule has 0 bridgehead atoms. The first-order valence-corrected chi connectivity index (χ1v) is 8.09. The van der Waals surface area contributed by atoms with E-state index in [1.165, 1.54) is 17.9 Å². The van der Waals surface area contributed by atoms with Crippen LogP contribution in [0.3, 0.4) is 0 Å². The van der Waals surface area contributed by atoms with Crippen molar-refractivity contribution < 1.29 is 14.3 Å². The molecule has 2 atom stereocenters. The van der Waals surface area contributed by atoms with E-state index in [-0.39, 0.29) is 24.1 Å². The molecule has 0 saturated carbocycles. The third-order valence-corrected chi connectivity index (χ3v) is 5.49. The Morgan fingerprint density at radius 2 is 2.00 bits per heavy atom. The third-order valence-electron chi connectivity index (χ3n) is 5.49. The highest BCUT2D eigenvalue weighted by atomic mass is 16.5. The first-order chi connectivity index (χ1) is 11.0. The molecule has 0 spiro atoms. The van der Waals surface area contributed by atoms with Gasteiger partial charge in [-0.05, 0) is 35.1 Å². The molecule has 2 aromatic carbocycles. The van der Waals surface area contributed by atoms with Crippen LogP contribution in [0.25, 0.3) is 10.8 Å². The lowest BCUT2D eigenvalue weighted by Gasteiger charge is -2.38. The van der Waals surface area contributed by atoms with Crippen LogP contribution in [0.1, 0.15) is 42.6 Å². The molecule has 23 heavy (non-hydrogen) atoms. The number of esters is 1. The largest absolute Gasteiger partial charge is 0.469 e. The van der Waals surface area contributed by atoms with Crippen molar-refractivity contribution in [2.45, 2.75) is 33.1 Å². The highest BCUT2D eigenvalue weighted by Gasteiger charge is 2.43. The van der Waals surface area contributed by atoms with Gasteiger partial charge in [-0.15, -0.1) is 0 Å². The highest BCUT2D eigenvalue weighted by molar-refractivity contribution is 6.07. The van der Waals surface area contributed by atoms with Gasteiger partial charge in [0.25, 0.3) is 0 Å². The summed E-state index contributed by atoms with van der Waals surface area (Å²) in [5, 5.41) is 2.34. The van der Waals surface area contributed by atoms with Gasteiger partial charge in [0.05, 0.1) is 7.11 Å². The summed E-state index contributed by atoms with van der Waals surface area (Å²) >= 11 is 0. The maximum atomic E-state index is 13.1. The van der Waals surface area contributed by atoms with E-state index >= 15 is 0 Å². The summed E-state index contributed by atoms with van der Waals surface area (Å²) in [7, 11) is 1.39. The minimum Gasteiger partial charge on any atom is -0.469 e. The number of benzene rings is 2. The van der Waals surface area contributed by atoms with Crippen molar-refractivity contribution in [3.8, 4) is 0 Å². The number of rotatable bonds is 3. The van der Waals surface area contributed by atoms with Gasteiger partial charge in [-0.25, -0.2) is 0 Å². The average molecular weight is 310 g/mol. The summed E-state index contributed by atoms with van der Waals surface area (Å²) < 4.78 is 4.77. The zero-order chi connectivity index (χ0) is 16.6. The van der Waals surface area contributed by atoms with Crippen LogP contribution in [-0.4, -0.2) is 18.9 Å². The third kappa shape index (κ3) is 2.54. The minimum atomic E-state index is -0.510. The van der Waals surface area contributed by atoms with Crippen LogP contribution in [0.5, 0.6) is 0 Å². The number of carbonyl (C=O) groups is 2. The van der Waals surface area contributed by atoms with Crippen LogP contribution in [0.2, 0.25) is 0 Å². The molecule has 0 aliphatic heterocycles. The molecule has 0 radical (unpaired) electrons. The van der Waals surface area contributed by atoms with Gasteiger partial charge in [-0.3, -0.25) is 9.59 Å². The van der Waals surface area contributed by atoms with E-state index in [1.54, 1.807) is 0 Å². The van der Waals surface area contributed by atoms with Gasteiger partial charge in [0, 0.05) is 17.4 Å². The molecule has 3 rings (SSSR count). The smallest absolute Gasteiger partial charge is 0.305 e. The van der Waals surface area contributed by atoms with Crippen molar-refractivity contribution in [3.63, 3.8) is 0 Å². The van der Waals surface area contributed by atoms with Crippen LogP contribution in [0.4, 0.5) is 0 Å². The molecule has 0 saturated heterocycles. The number of methoxy groups -OCH3 is 1. The van der Waals surface area contributed by atoms with Crippen molar-refractivity contribution in [1.82, 2.24) is 0 Å². The van der Waals surface area contributed by atoms with E-state index in [9.17, 15) is 9.59 Å². The highest BCUT2D eigenvalue weighted by Crippen LogP contribution is 2.44. The van der Waals surface area contributed by atoms with Gasteiger partial charge in [0.15, 0.2) is 5.78 Å². The zero-order valence-corrected chi connectivity index (χ0v) is 13.9. The SMILES string of the molecule is COC(=O)C[C@@H](C)[C@@]1(C)CCc2c(ccc3ccccc23)C1=O. The minimum absolute atomic E-state index is 0.0397. The molecule has 0 fully saturated rings. The second-order valence-corrected chi connectivity index (χ2v) is 6.74. The second kappa shape index (κ2) is 5.80. The molecule has 0 unspecified atom stereocenters. The normalized spacial score (nSPS) is 21.8. The molecule has 2 aromatic rings. The Morgan fingerprint density at radius 3 is 2.74 bits per heavy atom. The summed E-state index contributed by atoms with van der Waals surface area (Å²) in [6, 6.07) is 12.2. The number of hydrogen-bond donors (Lipinski definition) is 0. The number of fused-ring (bicyclic) bond motifs is 3. The Bertz CT molecular complexity index is 778. The van der Waals surface area contributed by atoms with Crippen LogP contribution in [0.15, 0.2) is 36.4 Å². The predicted molar refractivity (Wildman–Crippen MR) is 90.5 cm³/mol. The van der Waals surface area contributed by atoms with E-state index in [1.807, 2.05) is 38.1 Å². The lowest BCUT2D eigenvalue weighted by atomic mass is 9.64. The van der Waals surface area contributed by atoms with Gasteiger partial charge in [-0.1, -0.05) is 50.2 Å². The predicted octanol–water partition coefficient (Wildman–Crippen LogP) is 4.17. The van der Waals surface area contributed by atoms with Gasteiger partial charge in [0.1, 0.15) is 0 Å². The Kier molecular flexibility index (Phi) is 3.97. The second-order valence-electron chi connectivity index (χ2n) is 6.74. The van der Waals surface area contributed by atoms with Crippen LogP contribution in [0, 0.1) is 11.3 Å². The molecule has 1 aliphatic carbocycles. The monoisotopic (exact) mass is 310 g/mol. The molecule has 0 heterocycles. The molecule has 3 heteroatoms. The number of hydrogen-bond acceptors (Lipinski definition) is 3. The van der Waals surface area contributed by atoms with E-state index in [0.717, 1.165) is 24.0 Å². The molecular weight excluding hydrogens is 288 g/mol. The van der Waals surface area contributed by atoms with Crippen LogP contribution < -0.4 is 0 Å². The number of carbonyl (C=O) groups excluding carboxylic acids is 2. The molecule has 120 valence electrons. The summed E-state index contributed by atoms with van der Waals surface area (Å²) in [5.74, 6) is -0.140. The van der Waals surface area contributed by atoms with Gasteiger partial charge >= 0.3 is 5.97 Å². The van der Waals surface area contributed by atoms with E-state index < -0.39 is 5.41 Å². The maximum absolute atomic E-state index is 13.1. The molecule has 0 aromatic heterocycles. The number of Topliss-reactive ketones (excluding diaryl/α,β-unsaturated/α-hetero) is 1. The number of ketones is 1. The summed E-state index contributed by atoms with van der Waals surface area (Å²) in [6.07, 6.45) is 1.91. The topological polar surface area (TPSA) is 43.4 Å². The van der Waals surface area contributed by atoms with E-state index in [4.69, 9.17) is 4.74 Å². The Hall–Kier alpha value is -2.16.